The van der Waals surface area contributed by atoms with Crippen molar-refractivity contribution in [3.8, 4) is 0 Å². The molecule has 2 N–H and O–H groups in total. The van der Waals surface area contributed by atoms with Crippen molar-refractivity contribution in [3.05, 3.63) is 28.7 Å². The number of aryl methyl sites for hydroxylation is 1. The molecule has 22 heavy (non-hydrogen) atoms. The summed E-state index contributed by atoms with van der Waals surface area (Å²) in [6, 6.07) is 0. The van der Waals surface area contributed by atoms with Gasteiger partial charge >= 0.3 is 0 Å². The average molecular weight is 298 g/mol. The number of amides is 1. The molecule has 0 bridgehead atoms. The number of nitrogens with one attached hydrogen (secondary N) is 2. The van der Waals surface area contributed by atoms with Gasteiger partial charge in [-0.1, -0.05) is 0 Å². The molecule has 0 saturated carbocycles. The Bertz CT molecular complexity index is 677. The van der Waals surface area contributed by atoms with Crippen LogP contribution in [0.2, 0.25) is 0 Å². The summed E-state index contributed by atoms with van der Waals surface area (Å²) in [6.45, 7) is 4.75. The second-order valence-electron chi connectivity index (χ2n) is 5.45. The molecule has 7 nitrogen and oxygen atoms in total. The number of allylic oxidation sites excluding steroid dienone is 1. The first kappa shape index (κ1) is 14.4. The minimum Gasteiger partial charge on any atom is -0.356 e. The summed E-state index contributed by atoms with van der Waals surface area (Å²) in [4.78, 5) is 25.3. The molecule has 0 radical (unpaired) electrons. The van der Waals surface area contributed by atoms with Gasteiger partial charge in [-0.25, -0.2) is 9.97 Å². The molecule has 0 atom stereocenters. The number of aromatic nitrogens is 2. The molecule has 3 rings (SSSR count). The number of fused-ring (bicyclic) bond motifs is 1. The Kier molecular flexibility index (Phi) is 3.70. The molecule has 114 valence electrons. The van der Waals surface area contributed by atoms with Crippen LogP contribution < -0.4 is 4.90 Å². The van der Waals surface area contributed by atoms with Crippen LogP contribution in [0.1, 0.15) is 23.5 Å². The fraction of sp³-hybridized carbons (Fsp3) is 0.400. The van der Waals surface area contributed by atoms with Gasteiger partial charge in [-0.3, -0.25) is 4.79 Å². The lowest BCUT2D eigenvalue weighted by Gasteiger charge is -2.33. The minimum atomic E-state index is -0.247. The van der Waals surface area contributed by atoms with Crippen molar-refractivity contribution in [2.75, 3.05) is 18.0 Å². The monoisotopic (exact) mass is 298 g/mol. The van der Waals surface area contributed by atoms with Crippen LogP contribution in [0.4, 0.5) is 5.82 Å². The van der Waals surface area contributed by atoms with Gasteiger partial charge in [0.1, 0.15) is 11.6 Å². The van der Waals surface area contributed by atoms with Crippen LogP contribution in [0, 0.1) is 17.7 Å². The molecule has 0 spiro atoms. The fourth-order valence-corrected chi connectivity index (χ4v) is 2.74. The topological polar surface area (TPSA) is 97.0 Å². The third-order valence-electron chi connectivity index (χ3n) is 3.98. The van der Waals surface area contributed by atoms with E-state index in [-0.39, 0.29) is 11.5 Å². The van der Waals surface area contributed by atoms with Gasteiger partial charge < -0.3 is 20.6 Å². The molecule has 1 aromatic rings. The zero-order chi connectivity index (χ0) is 15.7. The van der Waals surface area contributed by atoms with Crippen LogP contribution in [-0.2, 0) is 17.9 Å². The van der Waals surface area contributed by atoms with Gasteiger partial charge in [0.15, 0.2) is 0 Å². The van der Waals surface area contributed by atoms with Crippen molar-refractivity contribution >= 4 is 24.2 Å². The van der Waals surface area contributed by atoms with Crippen molar-refractivity contribution in [1.29, 1.82) is 10.8 Å². The minimum absolute atomic E-state index is 0.206. The standard InChI is InChI=1S/C15H18N6O/c1-10-18-13-9-21(15(22)11(7-17)3-4-16)8-12(13)14(19-10)20-5-2-6-20/h3-4,7,16-17H,2,5-6,8-9H2,1H3/b11-3+,16-4?,17-7?. The number of carbonyl (C=O) groups excluding carboxylic acids is 1. The molecule has 1 amide bonds. The number of rotatable bonds is 4. The highest BCUT2D eigenvalue weighted by atomic mass is 16.2. The zero-order valence-electron chi connectivity index (χ0n) is 12.5. The Morgan fingerprint density at radius 2 is 2.00 bits per heavy atom. The molecule has 0 aromatic carbocycles. The summed E-state index contributed by atoms with van der Waals surface area (Å²) < 4.78 is 0. The maximum absolute atomic E-state index is 12.4. The van der Waals surface area contributed by atoms with E-state index in [1.165, 1.54) is 12.5 Å². The number of hydrogen-bond donors (Lipinski definition) is 2. The normalized spacial score (nSPS) is 17.0. The van der Waals surface area contributed by atoms with Crippen molar-refractivity contribution in [3.63, 3.8) is 0 Å². The fourth-order valence-electron chi connectivity index (χ4n) is 2.74. The summed E-state index contributed by atoms with van der Waals surface area (Å²) >= 11 is 0. The first-order chi connectivity index (χ1) is 10.6. The van der Waals surface area contributed by atoms with Crippen molar-refractivity contribution in [2.45, 2.75) is 26.4 Å². The largest absolute Gasteiger partial charge is 0.356 e. The van der Waals surface area contributed by atoms with Gasteiger partial charge in [0.2, 0.25) is 0 Å². The Morgan fingerprint density at radius 1 is 1.23 bits per heavy atom. The Hall–Kier alpha value is -2.57. The van der Waals surface area contributed by atoms with E-state index in [9.17, 15) is 4.79 Å². The summed E-state index contributed by atoms with van der Waals surface area (Å²) in [7, 11) is 0. The average Bonchev–Trinajstić information content (AvgIpc) is 2.86. The van der Waals surface area contributed by atoms with E-state index < -0.39 is 0 Å². The quantitative estimate of drug-likeness (QED) is 0.641. The maximum atomic E-state index is 12.4. The smallest absolute Gasteiger partial charge is 0.256 e. The van der Waals surface area contributed by atoms with E-state index in [1.807, 2.05) is 6.92 Å². The zero-order valence-corrected chi connectivity index (χ0v) is 12.5. The highest BCUT2D eigenvalue weighted by Gasteiger charge is 2.31. The lowest BCUT2D eigenvalue weighted by atomic mass is 10.1. The van der Waals surface area contributed by atoms with Crippen LogP contribution in [-0.4, -0.2) is 46.3 Å². The molecule has 1 fully saturated rings. The van der Waals surface area contributed by atoms with Crippen LogP contribution in [0.25, 0.3) is 0 Å². The van der Waals surface area contributed by atoms with Crippen LogP contribution >= 0.6 is 0 Å². The summed E-state index contributed by atoms with van der Waals surface area (Å²) in [5.41, 5.74) is 2.11. The van der Waals surface area contributed by atoms with Crippen LogP contribution in [0.3, 0.4) is 0 Å². The predicted octanol–water partition coefficient (Wildman–Crippen LogP) is 1.06. The van der Waals surface area contributed by atoms with Gasteiger partial charge in [0.25, 0.3) is 5.91 Å². The third kappa shape index (κ3) is 2.38. The molecular weight excluding hydrogens is 280 g/mol. The van der Waals surface area contributed by atoms with Crippen LogP contribution in [0.15, 0.2) is 11.6 Å². The summed E-state index contributed by atoms with van der Waals surface area (Å²) in [6.07, 6.45) is 4.52. The highest BCUT2D eigenvalue weighted by molar-refractivity contribution is 6.13. The first-order valence-electron chi connectivity index (χ1n) is 7.26. The van der Waals surface area contributed by atoms with E-state index >= 15 is 0 Å². The molecule has 2 aliphatic heterocycles. The molecule has 0 unspecified atom stereocenters. The van der Waals surface area contributed by atoms with Gasteiger partial charge in [0.05, 0.1) is 24.4 Å². The maximum Gasteiger partial charge on any atom is 0.256 e. The van der Waals surface area contributed by atoms with Crippen molar-refractivity contribution < 1.29 is 4.79 Å². The molecule has 1 saturated heterocycles. The van der Waals surface area contributed by atoms with Gasteiger partial charge in [-0.05, 0) is 19.4 Å². The molecule has 0 aliphatic carbocycles. The summed E-state index contributed by atoms with van der Waals surface area (Å²) in [5, 5.41) is 14.4. The van der Waals surface area contributed by atoms with Gasteiger partial charge in [-0.15, -0.1) is 0 Å². The van der Waals surface area contributed by atoms with Crippen LogP contribution in [0.5, 0.6) is 0 Å². The SMILES string of the molecule is Cc1nc2c(c(N3CCC3)n1)CN(C(=O)/C(C=N)=C/C=N)C2. The Morgan fingerprint density at radius 3 is 2.59 bits per heavy atom. The first-order valence-corrected chi connectivity index (χ1v) is 7.26. The van der Waals surface area contributed by atoms with Crippen molar-refractivity contribution in [2.24, 2.45) is 0 Å². The van der Waals surface area contributed by atoms with Crippen molar-refractivity contribution in [1.82, 2.24) is 14.9 Å². The molecule has 3 heterocycles. The van der Waals surface area contributed by atoms with Gasteiger partial charge in [0, 0.05) is 31.1 Å². The molecular formula is C15H18N6O. The molecule has 1 aromatic heterocycles. The lowest BCUT2D eigenvalue weighted by molar-refractivity contribution is -0.127. The second-order valence-corrected chi connectivity index (χ2v) is 5.45. The Labute approximate surface area is 128 Å². The lowest BCUT2D eigenvalue weighted by Crippen LogP contribution is -2.38. The second kappa shape index (κ2) is 5.67. The molecule has 7 heteroatoms. The van der Waals surface area contributed by atoms with Gasteiger partial charge in [-0.2, -0.15) is 0 Å². The molecule has 2 aliphatic rings. The van der Waals surface area contributed by atoms with E-state index in [0.29, 0.717) is 13.1 Å². The number of carbonyl (C=O) groups is 1. The predicted molar refractivity (Wildman–Crippen MR) is 83.5 cm³/mol. The van der Waals surface area contributed by atoms with E-state index in [2.05, 4.69) is 14.9 Å². The number of anilines is 1. The summed E-state index contributed by atoms with van der Waals surface area (Å²) in [5.74, 6) is 1.41. The van der Waals surface area contributed by atoms with E-state index in [0.717, 1.165) is 48.4 Å². The number of nitrogens with zero attached hydrogens (tertiary/aromatic N) is 4. The number of hydrogen-bond acceptors (Lipinski definition) is 6. The Balaban J connectivity index is 1.89. The third-order valence-corrected chi connectivity index (χ3v) is 3.98. The highest BCUT2D eigenvalue weighted by Crippen LogP contribution is 2.31. The van der Waals surface area contributed by atoms with E-state index in [1.54, 1.807) is 4.90 Å². The van der Waals surface area contributed by atoms with E-state index in [4.69, 9.17) is 10.8 Å².